The van der Waals surface area contributed by atoms with Crippen molar-refractivity contribution in [3.63, 3.8) is 0 Å². The van der Waals surface area contributed by atoms with E-state index in [4.69, 9.17) is 5.73 Å². The molecule has 100 valence electrons. The van der Waals surface area contributed by atoms with Crippen molar-refractivity contribution in [2.75, 3.05) is 5.75 Å². The Morgan fingerprint density at radius 2 is 1.74 bits per heavy atom. The molecule has 19 heavy (non-hydrogen) atoms. The van der Waals surface area contributed by atoms with Gasteiger partial charge in [-0.3, -0.25) is 0 Å². The van der Waals surface area contributed by atoms with Gasteiger partial charge in [0, 0.05) is 25.7 Å². The minimum absolute atomic E-state index is 0.585. The van der Waals surface area contributed by atoms with Gasteiger partial charge in [-0.15, -0.1) is 11.8 Å². The highest BCUT2D eigenvalue weighted by atomic mass is 79.9. The van der Waals surface area contributed by atoms with Crippen LogP contribution in [0.2, 0.25) is 0 Å². The van der Waals surface area contributed by atoms with Crippen LogP contribution in [0.15, 0.2) is 61.6 Å². The standard InChI is InChI=1S/C15H16BrNS2/c1-2-18-14-4-3-5-15(13(14)10-17)19-12-8-6-11(16)7-9-12/h3-9H,2,10,17H2,1H3. The molecular formula is C15H16BrNS2. The zero-order valence-electron chi connectivity index (χ0n) is 10.7. The fourth-order valence-corrected chi connectivity index (χ4v) is 3.93. The number of thioether (sulfide) groups is 1. The first kappa shape index (κ1) is 15.0. The van der Waals surface area contributed by atoms with Crippen molar-refractivity contribution < 1.29 is 0 Å². The van der Waals surface area contributed by atoms with Gasteiger partial charge in [0.05, 0.1) is 0 Å². The highest BCUT2D eigenvalue weighted by Gasteiger charge is 2.08. The van der Waals surface area contributed by atoms with Crippen molar-refractivity contribution in [3.05, 3.63) is 52.5 Å². The molecule has 2 N–H and O–H groups in total. The van der Waals surface area contributed by atoms with Gasteiger partial charge in [-0.1, -0.05) is 40.7 Å². The molecule has 0 aliphatic heterocycles. The third-order valence-electron chi connectivity index (χ3n) is 2.64. The molecule has 2 aromatic rings. The van der Waals surface area contributed by atoms with Crippen LogP contribution in [0.1, 0.15) is 12.5 Å². The number of rotatable bonds is 5. The molecule has 0 atom stereocenters. The van der Waals surface area contributed by atoms with Crippen molar-refractivity contribution in [2.24, 2.45) is 5.73 Å². The SMILES string of the molecule is CCSc1cccc(Sc2ccc(Br)cc2)c1CN. The molecule has 2 rings (SSSR count). The monoisotopic (exact) mass is 353 g/mol. The average molecular weight is 354 g/mol. The van der Waals surface area contributed by atoms with Crippen LogP contribution in [0.4, 0.5) is 0 Å². The normalized spacial score (nSPS) is 10.7. The maximum absolute atomic E-state index is 5.93. The molecule has 1 nitrogen and oxygen atoms in total. The highest BCUT2D eigenvalue weighted by molar-refractivity contribution is 9.10. The van der Waals surface area contributed by atoms with Crippen LogP contribution >= 0.6 is 39.5 Å². The summed E-state index contributed by atoms with van der Waals surface area (Å²) in [6.45, 7) is 2.75. The summed E-state index contributed by atoms with van der Waals surface area (Å²) in [4.78, 5) is 3.78. The lowest BCUT2D eigenvalue weighted by molar-refractivity contribution is 0.980. The van der Waals surface area contributed by atoms with E-state index < -0.39 is 0 Å². The molecule has 0 unspecified atom stereocenters. The van der Waals surface area contributed by atoms with E-state index in [1.54, 1.807) is 11.8 Å². The minimum atomic E-state index is 0.585. The van der Waals surface area contributed by atoms with Crippen LogP contribution in [0.25, 0.3) is 0 Å². The molecule has 4 heteroatoms. The van der Waals surface area contributed by atoms with Gasteiger partial charge >= 0.3 is 0 Å². The number of benzene rings is 2. The Kier molecular flexibility index (Phi) is 5.82. The van der Waals surface area contributed by atoms with Crippen LogP contribution < -0.4 is 5.73 Å². The first-order valence-electron chi connectivity index (χ1n) is 6.12. The Balaban J connectivity index is 2.28. The van der Waals surface area contributed by atoms with E-state index in [9.17, 15) is 0 Å². The molecule has 2 aromatic carbocycles. The maximum atomic E-state index is 5.93. The first-order chi connectivity index (χ1) is 9.24. The van der Waals surface area contributed by atoms with E-state index in [-0.39, 0.29) is 0 Å². The summed E-state index contributed by atoms with van der Waals surface area (Å²) in [6, 6.07) is 14.8. The zero-order valence-corrected chi connectivity index (χ0v) is 13.9. The van der Waals surface area contributed by atoms with E-state index in [2.05, 4.69) is 65.3 Å². The van der Waals surface area contributed by atoms with Crippen molar-refractivity contribution in [2.45, 2.75) is 28.2 Å². The second kappa shape index (κ2) is 7.39. The van der Waals surface area contributed by atoms with Gasteiger partial charge < -0.3 is 5.73 Å². The predicted molar refractivity (Wildman–Crippen MR) is 89.0 cm³/mol. The Labute approximate surface area is 131 Å². The van der Waals surface area contributed by atoms with Crippen LogP contribution in [0, 0.1) is 0 Å². The first-order valence-corrected chi connectivity index (χ1v) is 8.72. The fourth-order valence-electron chi connectivity index (χ4n) is 1.76. The molecule has 0 bridgehead atoms. The molecular weight excluding hydrogens is 338 g/mol. The van der Waals surface area contributed by atoms with Gasteiger partial charge in [0.2, 0.25) is 0 Å². The minimum Gasteiger partial charge on any atom is -0.326 e. The van der Waals surface area contributed by atoms with Gasteiger partial charge in [0.1, 0.15) is 0 Å². The van der Waals surface area contributed by atoms with Crippen LogP contribution in [0.3, 0.4) is 0 Å². The van der Waals surface area contributed by atoms with E-state index >= 15 is 0 Å². The van der Waals surface area contributed by atoms with E-state index in [0.717, 1.165) is 10.2 Å². The second-order valence-electron chi connectivity index (χ2n) is 3.93. The summed E-state index contributed by atoms with van der Waals surface area (Å²) in [7, 11) is 0. The number of halogens is 1. The summed E-state index contributed by atoms with van der Waals surface area (Å²) in [5.74, 6) is 1.07. The zero-order chi connectivity index (χ0) is 13.7. The van der Waals surface area contributed by atoms with Gasteiger partial charge in [0.25, 0.3) is 0 Å². The quantitative estimate of drug-likeness (QED) is 0.750. The summed E-state index contributed by atoms with van der Waals surface area (Å²) in [5.41, 5.74) is 7.18. The van der Waals surface area contributed by atoms with E-state index in [1.165, 1.54) is 20.2 Å². The lowest BCUT2D eigenvalue weighted by Crippen LogP contribution is -2.00. The maximum Gasteiger partial charge on any atom is 0.0200 e. The van der Waals surface area contributed by atoms with Gasteiger partial charge in [-0.2, -0.15) is 0 Å². The molecule has 0 aliphatic rings. The van der Waals surface area contributed by atoms with E-state index in [0.29, 0.717) is 6.54 Å². The summed E-state index contributed by atoms with van der Waals surface area (Å²) in [6.07, 6.45) is 0. The third-order valence-corrected chi connectivity index (χ3v) is 5.26. The Morgan fingerprint density at radius 3 is 2.37 bits per heavy atom. The van der Waals surface area contributed by atoms with Gasteiger partial charge in [0.15, 0.2) is 0 Å². The van der Waals surface area contributed by atoms with E-state index in [1.807, 2.05) is 11.8 Å². The largest absolute Gasteiger partial charge is 0.326 e. The van der Waals surface area contributed by atoms with Crippen molar-refractivity contribution in [1.82, 2.24) is 0 Å². The lowest BCUT2D eigenvalue weighted by atomic mass is 10.2. The molecule has 0 spiro atoms. The lowest BCUT2D eigenvalue weighted by Gasteiger charge is -2.12. The summed E-state index contributed by atoms with van der Waals surface area (Å²) in [5, 5.41) is 0. The highest BCUT2D eigenvalue weighted by Crippen LogP contribution is 2.35. The second-order valence-corrected chi connectivity index (χ2v) is 7.26. The molecule has 0 heterocycles. The number of nitrogens with two attached hydrogens (primary N) is 1. The molecule has 0 fully saturated rings. The van der Waals surface area contributed by atoms with Gasteiger partial charge in [-0.05, 0) is 47.7 Å². The van der Waals surface area contributed by atoms with Crippen molar-refractivity contribution in [3.8, 4) is 0 Å². The van der Waals surface area contributed by atoms with Crippen LogP contribution in [-0.2, 0) is 6.54 Å². The third kappa shape index (κ3) is 4.02. The van der Waals surface area contributed by atoms with Crippen LogP contribution in [0.5, 0.6) is 0 Å². The van der Waals surface area contributed by atoms with Crippen molar-refractivity contribution in [1.29, 1.82) is 0 Å². The molecule has 0 radical (unpaired) electrons. The number of hydrogen-bond acceptors (Lipinski definition) is 3. The molecule has 0 aliphatic carbocycles. The summed E-state index contributed by atoms with van der Waals surface area (Å²) < 4.78 is 1.10. The average Bonchev–Trinajstić information content (AvgIpc) is 2.42. The Morgan fingerprint density at radius 1 is 1.05 bits per heavy atom. The molecule has 0 saturated heterocycles. The Bertz CT molecular complexity index is 540. The van der Waals surface area contributed by atoms with Crippen LogP contribution in [-0.4, -0.2) is 5.75 Å². The Hall–Kier alpha value is -0.420. The topological polar surface area (TPSA) is 26.0 Å². The number of hydrogen-bond donors (Lipinski definition) is 1. The predicted octanol–water partition coefficient (Wildman–Crippen LogP) is 5.17. The fraction of sp³-hybridized carbons (Fsp3) is 0.200. The summed E-state index contributed by atoms with van der Waals surface area (Å²) >= 11 is 7.08. The molecule has 0 aromatic heterocycles. The molecule has 0 amide bonds. The van der Waals surface area contributed by atoms with Gasteiger partial charge in [-0.25, -0.2) is 0 Å². The molecule has 0 saturated carbocycles. The van der Waals surface area contributed by atoms with Crippen molar-refractivity contribution >= 4 is 39.5 Å². The smallest absolute Gasteiger partial charge is 0.0200 e.